The normalized spacial score (nSPS) is 29.8. The van der Waals surface area contributed by atoms with Crippen LogP contribution in [0.3, 0.4) is 0 Å². The van der Waals surface area contributed by atoms with Crippen molar-refractivity contribution >= 4 is 23.2 Å². The number of anilines is 2. The van der Waals surface area contributed by atoms with E-state index in [2.05, 4.69) is 5.32 Å². The van der Waals surface area contributed by atoms with Crippen LogP contribution >= 0.6 is 0 Å². The third kappa shape index (κ3) is 1.77. The fourth-order valence-electron chi connectivity index (χ4n) is 4.32. The van der Waals surface area contributed by atoms with E-state index in [-0.39, 0.29) is 17.9 Å². The van der Waals surface area contributed by atoms with Crippen molar-refractivity contribution in [3.63, 3.8) is 0 Å². The molecule has 0 bridgehead atoms. The van der Waals surface area contributed by atoms with E-state index in [1.807, 2.05) is 30.3 Å². The van der Waals surface area contributed by atoms with Gasteiger partial charge in [0.05, 0.1) is 12.6 Å². The number of nitrogen functional groups attached to an aromatic ring is 1. The summed E-state index contributed by atoms with van der Waals surface area (Å²) in [6, 6.07) is 14.8. The van der Waals surface area contributed by atoms with Crippen LogP contribution in [0.2, 0.25) is 0 Å². The topological polar surface area (TPSA) is 84.7 Å². The first-order valence-electron chi connectivity index (χ1n) is 8.32. The van der Waals surface area contributed by atoms with E-state index in [9.17, 15) is 9.59 Å². The molecule has 1 spiro atoms. The Balaban J connectivity index is 1.59. The number of hydrogen-bond acceptors (Lipinski definition) is 4. The number of benzene rings is 2. The summed E-state index contributed by atoms with van der Waals surface area (Å²) in [7, 11) is 0. The molecule has 5 rings (SSSR count). The van der Waals surface area contributed by atoms with Crippen molar-refractivity contribution in [2.75, 3.05) is 17.7 Å². The van der Waals surface area contributed by atoms with E-state index in [0.29, 0.717) is 24.4 Å². The van der Waals surface area contributed by atoms with Crippen molar-refractivity contribution in [1.29, 1.82) is 0 Å². The second kappa shape index (κ2) is 4.83. The number of hydrogen-bond donors (Lipinski definition) is 2. The Kier molecular flexibility index (Phi) is 2.80. The zero-order chi connectivity index (χ0) is 17.2. The van der Waals surface area contributed by atoms with Crippen molar-refractivity contribution in [3.05, 3.63) is 59.7 Å². The Morgan fingerprint density at radius 2 is 1.96 bits per heavy atom. The minimum Gasteiger partial charge on any atom is -0.399 e. The van der Waals surface area contributed by atoms with E-state index in [4.69, 9.17) is 10.5 Å². The molecular formula is C19H17N3O3. The number of carbonyl (C=O) groups excluding carboxylic acids is 2. The van der Waals surface area contributed by atoms with Crippen LogP contribution in [0.4, 0.5) is 11.4 Å². The maximum Gasteiger partial charge on any atom is 0.245 e. The standard InChI is InChI=1S/C19H17N3O3/c20-12-6-7-14-15(8-12)21-17(23)19(14)9-13-10-25-16(22(13)18(19)24)11-4-2-1-3-5-11/h1-8,13,16H,9-10,20H2,(H,21,23)/t13-,16+,19-/m1/s1. The van der Waals surface area contributed by atoms with Crippen molar-refractivity contribution in [1.82, 2.24) is 4.90 Å². The monoisotopic (exact) mass is 335 g/mol. The number of ether oxygens (including phenoxy) is 1. The Morgan fingerprint density at radius 1 is 1.16 bits per heavy atom. The number of rotatable bonds is 1. The third-order valence-electron chi connectivity index (χ3n) is 5.46. The molecule has 3 N–H and O–H groups in total. The second-order valence-corrected chi connectivity index (χ2v) is 6.83. The van der Waals surface area contributed by atoms with Gasteiger partial charge < -0.3 is 20.7 Å². The average molecular weight is 335 g/mol. The van der Waals surface area contributed by atoms with E-state index in [1.165, 1.54) is 0 Å². The van der Waals surface area contributed by atoms with Crippen LogP contribution in [0, 0.1) is 0 Å². The van der Waals surface area contributed by atoms with Crippen molar-refractivity contribution in [3.8, 4) is 0 Å². The Labute approximate surface area is 144 Å². The SMILES string of the molecule is Nc1ccc2c(c1)NC(=O)[C@@]21C[C@@H]2CO[C@@H](c3ccccc3)N2C1=O. The summed E-state index contributed by atoms with van der Waals surface area (Å²) in [6.45, 7) is 0.435. The molecule has 0 aliphatic carbocycles. The highest BCUT2D eigenvalue weighted by Crippen LogP contribution is 2.51. The van der Waals surface area contributed by atoms with Crippen molar-refractivity contribution in [2.45, 2.75) is 24.1 Å². The molecule has 6 heteroatoms. The number of nitrogens with zero attached hydrogens (tertiary/aromatic N) is 1. The van der Waals surface area contributed by atoms with E-state index >= 15 is 0 Å². The van der Waals surface area contributed by atoms with Gasteiger partial charge in [0, 0.05) is 22.5 Å². The molecule has 2 fully saturated rings. The molecule has 3 heterocycles. The first-order valence-corrected chi connectivity index (χ1v) is 8.32. The summed E-state index contributed by atoms with van der Waals surface area (Å²) in [5.41, 5.74) is 7.50. The van der Waals surface area contributed by atoms with Crippen LogP contribution < -0.4 is 11.1 Å². The van der Waals surface area contributed by atoms with Crippen LogP contribution in [0.25, 0.3) is 0 Å². The molecule has 6 nitrogen and oxygen atoms in total. The number of amides is 2. The smallest absolute Gasteiger partial charge is 0.245 e. The van der Waals surface area contributed by atoms with Crippen LogP contribution in [-0.4, -0.2) is 29.4 Å². The molecule has 0 aromatic heterocycles. The molecule has 2 aromatic rings. The lowest BCUT2D eigenvalue weighted by Gasteiger charge is -2.25. The minimum absolute atomic E-state index is 0.105. The molecule has 3 aliphatic heterocycles. The Hall–Kier alpha value is -2.86. The van der Waals surface area contributed by atoms with Gasteiger partial charge in [0.1, 0.15) is 0 Å². The molecule has 0 radical (unpaired) electrons. The maximum absolute atomic E-state index is 13.4. The molecule has 2 aromatic carbocycles. The average Bonchev–Trinajstić information content (AvgIpc) is 3.23. The Morgan fingerprint density at radius 3 is 2.76 bits per heavy atom. The zero-order valence-electron chi connectivity index (χ0n) is 13.4. The van der Waals surface area contributed by atoms with E-state index in [0.717, 1.165) is 11.1 Å². The lowest BCUT2D eigenvalue weighted by atomic mass is 9.79. The molecule has 126 valence electrons. The highest BCUT2D eigenvalue weighted by atomic mass is 16.5. The molecule has 3 aliphatic rings. The summed E-state index contributed by atoms with van der Waals surface area (Å²) in [5.74, 6) is -0.454. The number of carbonyl (C=O) groups is 2. The summed E-state index contributed by atoms with van der Waals surface area (Å²) in [6.07, 6.45) is -0.0125. The predicted octanol–water partition coefficient (Wildman–Crippen LogP) is 1.79. The van der Waals surface area contributed by atoms with Gasteiger partial charge in [0.2, 0.25) is 11.8 Å². The van der Waals surface area contributed by atoms with Gasteiger partial charge in [-0.3, -0.25) is 9.59 Å². The van der Waals surface area contributed by atoms with E-state index < -0.39 is 11.6 Å². The first kappa shape index (κ1) is 14.5. The van der Waals surface area contributed by atoms with Crippen LogP contribution in [-0.2, 0) is 19.7 Å². The van der Waals surface area contributed by atoms with Gasteiger partial charge in [-0.2, -0.15) is 0 Å². The molecule has 25 heavy (non-hydrogen) atoms. The predicted molar refractivity (Wildman–Crippen MR) is 91.5 cm³/mol. The van der Waals surface area contributed by atoms with E-state index in [1.54, 1.807) is 23.1 Å². The van der Waals surface area contributed by atoms with Gasteiger partial charge in [-0.1, -0.05) is 36.4 Å². The zero-order valence-corrected chi connectivity index (χ0v) is 13.4. The van der Waals surface area contributed by atoms with Crippen LogP contribution in [0.15, 0.2) is 48.5 Å². The molecule has 0 saturated carbocycles. The molecule has 3 atom stereocenters. The lowest BCUT2D eigenvalue weighted by Crippen LogP contribution is -2.43. The maximum atomic E-state index is 13.4. The van der Waals surface area contributed by atoms with Crippen LogP contribution in [0.1, 0.15) is 23.8 Å². The van der Waals surface area contributed by atoms with Gasteiger partial charge in [-0.25, -0.2) is 0 Å². The fraction of sp³-hybridized carbons (Fsp3) is 0.263. The highest BCUT2D eigenvalue weighted by Gasteiger charge is 2.64. The molecule has 2 saturated heterocycles. The van der Waals surface area contributed by atoms with Crippen LogP contribution in [0.5, 0.6) is 0 Å². The van der Waals surface area contributed by atoms with Gasteiger partial charge in [0.15, 0.2) is 11.6 Å². The second-order valence-electron chi connectivity index (χ2n) is 6.83. The van der Waals surface area contributed by atoms with Crippen molar-refractivity contribution < 1.29 is 14.3 Å². The number of fused-ring (bicyclic) bond motifs is 3. The molecule has 2 amide bonds. The first-order chi connectivity index (χ1) is 12.1. The molecular weight excluding hydrogens is 318 g/mol. The summed E-state index contributed by atoms with van der Waals surface area (Å²) < 4.78 is 5.87. The quantitative estimate of drug-likeness (QED) is 0.615. The van der Waals surface area contributed by atoms with Gasteiger partial charge in [0.25, 0.3) is 0 Å². The van der Waals surface area contributed by atoms with Crippen molar-refractivity contribution in [2.24, 2.45) is 0 Å². The summed E-state index contributed by atoms with van der Waals surface area (Å²) >= 11 is 0. The summed E-state index contributed by atoms with van der Waals surface area (Å²) in [5, 5.41) is 2.84. The number of nitrogens with two attached hydrogens (primary N) is 1. The lowest BCUT2D eigenvalue weighted by molar-refractivity contribution is -0.142. The largest absolute Gasteiger partial charge is 0.399 e. The fourth-order valence-corrected chi connectivity index (χ4v) is 4.32. The number of nitrogens with one attached hydrogen (secondary N) is 1. The minimum atomic E-state index is -1.16. The van der Waals surface area contributed by atoms with Gasteiger partial charge >= 0.3 is 0 Å². The highest BCUT2D eigenvalue weighted by molar-refractivity contribution is 6.22. The third-order valence-corrected chi connectivity index (χ3v) is 5.46. The van der Waals surface area contributed by atoms with Gasteiger partial charge in [-0.15, -0.1) is 0 Å². The molecule has 0 unspecified atom stereocenters. The van der Waals surface area contributed by atoms with Gasteiger partial charge in [-0.05, 0) is 18.6 Å². The summed E-state index contributed by atoms with van der Waals surface area (Å²) in [4.78, 5) is 28.0. The Bertz CT molecular complexity index is 898.